The number of rotatable bonds is 85. The van der Waals surface area contributed by atoms with Crippen molar-refractivity contribution in [2.24, 2.45) is 11.8 Å². The minimum absolute atomic E-state index is 0.108. The Balaban J connectivity index is 5.26. The van der Waals surface area contributed by atoms with Crippen molar-refractivity contribution in [3.05, 3.63) is 0 Å². The van der Waals surface area contributed by atoms with E-state index in [1.165, 1.54) is 276 Å². The lowest BCUT2D eigenvalue weighted by Gasteiger charge is -2.21. The third-order valence-electron chi connectivity index (χ3n) is 20.6. The first kappa shape index (κ1) is 103. The number of aliphatic hydroxyl groups excluding tert-OH is 1. The maximum atomic E-state index is 13.1. The van der Waals surface area contributed by atoms with Crippen molar-refractivity contribution >= 4 is 39.5 Å². The molecule has 0 amide bonds. The first-order valence-corrected chi connectivity index (χ1v) is 47.5. The molecule has 3 unspecified atom stereocenters. The summed E-state index contributed by atoms with van der Waals surface area (Å²) in [6, 6.07) is 0. The molecule has 0 spiro atoms. The van der Waals surface area contributed by atoms with Crippen LogP contribution in [-0.4, -0.2) is 96.7 Å². The standard InChI is InChI=1S/C86H168O17P2/c1-7-10-12-14-16-18-20-22-24-26-28-29-34-38-44-50-56-62-68-83(88)96-74-81(102-86(91)71-65-59-53-46-40-36-32-31-33-37-43-49-55-61-67-79(6)9-3)76-100-104(92,93)98-72-80(87)73-99-105(94,95)101-77-82(75-97-84(89)69-63-57-51-47-41-42-48-54-60-66-78(4)5)103-85(90)70-64-58-52-45-39-35-30-27-25-23-21-19-17-15-13-11-8-2/h78-82,87H,7-77H2,1-6H3,(H,92,93)(H,94,95)/t79?,80-,81-,82-/m1/s1. The van der Waals surface area contributed by atoms with Gasteiger partial charge in [0.2, 0.25) is 0 Å². The first-order valence-electron chi connectivity index (χ1n) is 44.5. The maximum absolute atomic E-state index is 13.1. The van der Waals surface area contributed by atoms with E-state index < -0.39 is 97.5 Å². The first-order chi connectivity index (χ1) is 50.9. The molecule has 0 aliphatic rings. The molecule has 0 fully saturated rings. The van der Waals surface area contributed by atoms with Crippen LogP contribution >= 0.6 is 15.6 Å². The van der Waals surface area contributed by atoms with E-state index in [0.717, 1.165) is 102 Å². The average molecular weight is 1540 g/mol. The van der Waals surface area contributed by atoms with Gasteiger partial charge in [-0.25, -0.2) is 9.13 Å². The lowest BCUT2D eigenvalue weighted by Crippen LogP contribution is -2.30. The predicted molar refractivity (Wildman–Crippen MR) is 432 cm³/mol. The molecular formula is C86H168O17P2. The summed E-state index contributed by atoms with van der Waals surface area (Å²) in [5.41, 5.74) is 0. The summed E-state index contributed by atoms with van der Waals surface area (Å²) in [4.78, 5) is 73.3. The molecule has 105 heavy (non-hydrogen) atoms. The largest absolute Gasteiger partial charge is 0.472 e. The van der Waals surface area contributed by atoms with E-state index in [1.54, 1.807) is 0 Å². The third-order valence-corrected chi connectivity index (χ3v) is 22.5. The van der Waals surface area contributed by atoms with Crippen molar-refractivity contribution < 1.29 is 80.2 Å². The number of carbonyl (C=O) groups is 4. The van der Waals surface area contributed by atoms with E-state index in [2.05, 4.69) is 41.5 Å². The zero-order chi connectivity index (χ0) is 77.1. The Bertz CT molecular complexity index is 2010. The van der Waals surface area contributed by atoms with Gasteiger partial charge in [-0.3, -0.25) is 37.3 Å². The summed E-state index contributed by atoms with van der Waals surface area (Å²) in [6.07, 6.45) is 69.3. The Morgan fingerprint density at radius 3 is 0.724 bits per heavy atom. The van der Waals surface area contributed by atoms with Gasteiger partial charge in [-0.2, -0.15) is 0 Å². The van der Waals surface area contributed by atoms with Crippen LogP contribution in [0.2, 0.25) is 0 Å². The molecule has 0 aliphatic carbocycles. The zero-order valence-corrected chi connectivity index (χ0v) is 70.8. The fourth-order valence-electron chi connectivity index (χ4n) is 13.4. The van der Waals surface area contributed by atoms with Gasteiger partial charge in [-0.1, -0.05) is 408 Å². The second-order valence-corrected chi connectivity index (χ2v) is 34.6. The van der Waals surface area contributed by atoms with Gasteiger partial charge < -0.3 is 33.8 Å². The number of esters is 4. The van der Waals surface area contributed by atoms with Crippen LogP contribution in [0.15, 0.2) is 0 Å². The summed E-state index contributed by atoms with van der Waals surface area (Å²) in [7, 11) is -9.93. The Morgan fingerprint density at radius 1 is 0.276 bits per heavy atom. The molecule has 17 nitrogen and oxygen atoms in total. The van der Waals surface area contributed by atoms with Crippen molar-refractivity contribution in [3.63, 3.8) is 0 Å². The highest BCUT2D eigenvalue weighted by Gasteiger charge is 2.30. The topological polar surface area (TPSA) is 237 Å². The monoisotopic (exact) mass is 1540 g/mol. The molecule has 0 aromatic carbocycles. The van der Waals surface area contributed by atoms with Gasteiger partial charge in [0, 0.05) is 25.7 Å². The van der Waals surface area contributed by atoms with Crippen LogP contribution in [0, 0.1) is 11.8 Å². The van der Waals surface area contributed by atoms with Crippen LogP contribution in [0.4, 0.5) is 0 Å². The van der Waals surface area contributed by atoms with Crippen molar-refractivity contribution in [1.82, 2.24) is 0 Å². The highest BCUT2D eigenvalue weighted by Crippen LogP contribution is 2.45. The normalized spacial score (nSPS) is 14.1. The fraction of sp³-hybridized carbons (Fsp3) is 0.953. The molecule has 0 saturated heterocycles. The van der Waals surface area contributed by atoms with Crippen molar-refractivity contribution in [2.45, 2.75) is 477 Å². The number of carbonyl (C=O) groups excluding carboxylic acids is 4. The smallest absolute Gasteiger partial charge is 0.462 e. The molecule has 0 rings (SSSR count). The molecule has 0 bridgehead atoms. The number of unbranched alkanes of at least 4 members (excludes halogenated alkanes) is 54. The van der Waals surface area contributed by atoms with Crippen LogP contribution in [0.1, 0.15) is 459 Å². The SMILES string of the molecule is CCCCCCCCCCCCCCCCCCCCC(=O)OC[C@H](COP(=O)(O)OC[C@@H](O)COP(=O)(O)OC[C@@H](COC(=O)CCCCCCCCCCCC(C)C)OC(=O)CCCCCCCCCCCCCCCCCCC)OC(=O)CCCCCCCCCCCCCCCCC(C)CC. The quantitative estimate of drug-likeness (QED) is 0.0222. The number of hydrogen-bond acceptors (Lipinski definition) is 15. The van der Waals surface area contributed by atoms with Crippen LogP contribution in [-0.2, 0) is 65.4 Å². The van der Waals surface area contributed by atoms with E-state index in [4.69, 9.17) is 37.0 Å². The van der Waals surface area contributed by atoms with Crippen LogP contribution in [0.3, 0.4) is 0 Å². The summed E-state index contributed by atoms with van der Waals surface area (Å²) in [5.74, 6) is -0.511. The van der Waals surface area contributed by atoms with E-state index in [0.29, 0.717) is 25.7 Å². The molecule has 0 aliphatic heterocycles. The van der Waals surface area contributed by atoms with Gasteiger partial charge in [0.1, 0.15) is 19.3 Å². The van der Waals surface area contributed by atoms with Gasteiger partial charge in [0.15, 0.2) is 12.2 Å². The van der Waals surface area contributed by atoms with Gasteiger partial charge in [0.05, 0.1) is 26.4 Å². The van der Waals surface area contributed by atoms with Gasteiger partial charge >= 0.3 is 39.5 Å². The predicted octanol–water partition coefficient (Wildman–Crippen LogP) is 26.2. The van der Waals surface area contributed by atoms with E-state index in [9.17, 15) is 43.2 Å². The highest BCUT2D eigenvalue weighted by molar-refractivity contribution is 7.47. The number of hydrogen-bond donors (Lipinski definition) is 3. The molecule has 3 N–H and O–H groups in total. The summed E-state index contributed by atoms with van der Waals surface area (Å²) >= 11 is 0. The van der Waals surface area contributed by atoms with Crippen molar-refractivity contribution in [2.75, 3.05) is 39.6 Å². The molecule has 19 heteroatoms. The van der Waals surface area contributed by atoms with Crippen molar-refractivity contribution in [3.8, 4) is 0 Å². The Labute approximate surface area is 645 Å². The lowest BCUT2D eigenvalue weighted by atomic mass is 9.99. The average Bonchev–Trinajstić information content (AvgIpc) is 0.903. The zero-order valence-electron chi connectivity index (χ0n) is 69.0. The Kier molecular flexibility index (Phi) is 76.0. The highest BCUT2D eigenvalue weighted by atomic mass is 31.2. The molecule has 0 saturated carbocycles. The lowest BCUT2D eigenvalue weighted by molar-refractivity contribution is -0.161. The summed E-state index contributed by atoms with van der Waals surface area (Å²) < 4.78 is 68.9. The van der Waals surface area contributed by atoms with Crippen molar-refractivity contribution in [1.29, 1.82) is 0 Å². The van der Waals surface area contributed by atoms with Gasteiger partial charge in [0.25, 0.3) is 0 Å². The Morgan fingerprint density at radius 2 is 0.486 bits per heavy atom. The summed E-state index contributed by atoms with van der Waals surface area (Å²) in [6.45, 7) is 9.71. The number of phosphoric acid groups is 2. The van der Waals surface area contributed by atoms with Crippen LogP contribution in [0.5, 0.6) is 0 Å². The van der Waals surface area contributed by atoms with Gasteiger partial charge in [-0.15, -0.1) is 0 Å². The number of ether oxygens (including phenoxy) is 4. The molecule has 6 atom stereocenters. The Hall–Kier alpha value is -1.94. The molecule has 0 heterocycles. The van der Waals surface area contributed by atoms with E-state index in [1.807, 2.05) is 0 Å². The molecule has 0 aromatic rings. The minimum Gasteiger partial charge on any atom is -0.462 e. The minimum atomic E-state index is -4.97. The third kappa shape index (κ3) is 78.5. The second kappa shape index (κ2) is 77.4. The van der Waals surface area contributed by atoms with E-state index >= 15 is 0 Å². The fourth-order valence-corrected chi connectivity index (χ4v) is 15.0. The molecule has 0 radical (unpaired) electrons. The molecule has 624 valence electrons. The number of aliphatic hydroxyl groups is 1. The second-order valence-electron chi connectivity index (χ2n) is 31.6. The summed E-state index contributed by atoms with van der Waals surface area (Å²) in [5, 5.41) is 10.7. The van der Waals surface area contributed by atoms with Gasteiger partial charge in [-0.05, 0) is 37.5 Å². The van der Waals surface area contributed by atoms with Crippen LogP contribution in [0.25, 0.3) is 0 Å². The maximum Gasteiger partial charge on any atom is 0.472 e. The number of phosphoric ester groups is 2. The van der Waals surface area contributed by atoms with E-state index in [-0.39, 0.29) is 25.7 Å². The molecular weight excluding hydrogens is 1370 g/mol. The molecule has 0 aromatic heterocycles. The van der Waals surface area contributed by atoms with Crippen LogP contribution < -0.4 is 0 Å².